The van der Waals surface area contributed by atoms with Crippen molar-refractivity contribution in [3.05, 3.63) is 24.3 Å². The zero-order valence-corrected chi connectivity index (χ0v) is 19.0. The molecule has 0 aliphatic carbocycles. The first kappa shape index (κ1) is 26.6. The number of phosphoric acid groups is 1. The summed E-state index contributed by atoms with van der Waals surface area (Å²) >= 11 is 0. The van der Waals surface area contributed by atoms with E-state index in [4.69, 9.17) is 9.05 Å². The minimum atomic E-state index is -3.89. The molecule has 1 N–H and O–H groups in total. The normalized spacial score (nSPS) is 15.0. The van der Waals surface area contributed by atoms with Crippen molar-refractivity contribution in [3.63, 3.8) is 0 Å². The van der Waals surface area contributed by atoms with Gasteiger partial charge in [0.25, 0.3) is 0 Å². The average Bonchev–Trinajstić information content (AvgIpc) is 2.57. The van der Waals surface area contributed by atoms with E-state index in [-0.39, 0.29) is 13.2 Å². The molecule has 0 fully saturated rings. The molecule has 0 aliphatic heterocycles. The summed E-state index contributed by atoms with van der Waals surface area (Å²) < 4.78 is 22.4. The van der Waals surface area contributed by atoms with Gasteiger partial charge in [-0.05, 0) is 38.5 Å². The van der Waals surface area contributed by atoms with Crippen molar-refractivity contribution in [2.75, 3.05) is 40.9 Å². The summed E-state index contributed by atoms with van der Waals surface area (Å²) in [5.74, 6) is 0. The first-order valence-electron chi connectivity index (χ1n) is 10.5. The Morgan fingerprint density at radius 2 is 1.30 bits per heavy atom. The van der Waals surface area contributed by atoms with Crippen LogP contribution in [0.5, 0.6) is 0 Å². The number of quaternary nitrogens is 1. The van der Waals surface area contributed by atoms with Crippen LogP contribution in [0.1, 0.15) is 71.1 Å². The highest BCUT2D eigenvalue weighted by Gasteiger charge is 2.21. The van der Waals surface area contributed by atoms with E-state index in [1.54, 1.807) is 0 Å². The molecule has 0 spiro atoms. The second-order valence-electron chi connectivity index (χ2n) is 7.99. The number of likely N-dealkylation sites (N-methyl/N-ethyl adjacent to an activating group) is 1. The van der Waals surface area contributed by atoms with Gasteiger partial charge in [0.1, 0.15) is 13.2 Å². The summed E-state index contributed by atoms with van der Waals surface area (Å²) in [6.07, 6.45) is 20.3. The number of hydrogen-bond acceptors (Lipinski definition) is 3. The summed E-state index contributed by atoms with van der Waals surface area (Å²) in [6, 6.07) is 0. The van der Waals surface area contributed by atoms with Crippen molar-refractivity contribution in [1.82, 2.24) is 0 Å². The van der Waals surface area contributed by atoms with Crippen LogP contribution in [-0.2, 0) is 13.6 Å². The van der Waals surface area contributed by atoms with Gasteiger partial charge in [0, 0.05) is 0 Å². The number of rotatable bonds is 18. The summed E-state index contributed by atoms with van der Waals surface area (Å²) in [7, 11) is 2.14. The summed E-state index contributed by atoms with van der Waals surface area (Å²) in [6.45, 7) is 3.33. The maximum atomic E-state index is 11.7. The molecule has 0 saturated carbocycles. The molecule has 0 radical (unpaired) electrons. The molecule has 5 nitrogen and oxygen atoms in total. The van der Waals surface area contributed by atoms with Crippen LogP contribution in [0.25, 0.3) is 0 Å². The van der Waals surface area contributed by atoms with Crippen molar-refractivity contribution in [2.24, 2.45) is 0 Å². The van der Waals surface area contributed by atoms with E-state index in [0.717, 1.165) is 38.5 Å². The highest BCUT2D eigenvalue weighted by Crippen LogP contribution is 2.43. The minimum Gasteiger partial charge on any atom is -0.329 e. The Labute approximate surface area is 167 Å². The van der Waals surface area contributed by atoms with E-state index in [2.05, 4.69) is 31.2 Å². The van der Waals surface area contributed by atoms with E-state index < -0.39 is 7.82 Å². The largest absolute Gasteiger partial charge is 0.472 e. The fourth-order valence-electron chi connectivity index (χ4n) is 2.43. The quantitative estimate of drug-likeness (QED) is 0.135. The third-order valence-electron chi connectivity index (χ3n) is 4.11. The molecule has 0 aromatic heterocycles. The number of allylic oxidation sites excluding steroid dienone is 4. The van der Waals surface area contributed by atoms with Gasteiger partial charge in [-0.15, -0.1) is 0 Å². The predicted molar refractivity (Wildman–Crippen MR) is 115 cm³/mol. The lowest BCUT2D eigenvalue weighted by Gasteiger charge is -2.24. The molecule has 0 bridgehead atoms. The van der Waals surface area contributed by atoms with Gasteiger partial charge in [0.15, 0.2) is 0 Å². The van der Waals surface area contributed by atoms with Crippen LogP contribution in [-0.4, -0.2) is 50.3 Å². The molecule has 0 aliphatic rings. The third-order valence-corrected chi connectivity index (χ3v) is 5.12. The van der Waals surface area contributed by atoms with Gasteiger partial charge in [-0.3, -0.25) is 9.05 Å². The zero-order chi connectivity index (χ0) is 20.4. The predicted octanol–water partition coefficient (Wildman–Crippen LogP) is 5.86. The summed E-state index contributed by atoms with van der Waals surface area (Å²) in [5.41, 5.74) is 0. The minimum absolute atomic E-state index is 0.223. The van der Waals surface area contributed by atoms with Crippen LogP contribution in [0.3, 0.4) is 0 Å². The Bertz CT molecular complexity index is 444. The number of unbranched alkanes of at least 4 members (excludes halogenated alkanes) is 7. The van der Waals surface area contributed by atoms with E-state index in [1.165, 1.54) is 25.7 Å². The number of nitrogens with zero attached hydrogens (tertiary/aromatic N) is 1. The Morgan fingerprint density at radius 1 is 0.778 bits per heavy atom. The molecule has 0 saturated heterocycles. The molecular formula is C21H43NO4P+. The molecule has 0 amide bonds. The van der Waals surface area contributed by atoms with Crippen molar-refractivity contribution >= 4 is 7.82 Å². The van der Waals surface area contributed by atoms with Gasteiger partial charge < -0.3 is 9.38 Å². The fraction of sp³-hybridized carbons (Fsp3) is 0.810. The Hall–Kier alpha value is -0.450. The van der Waals surface area contributed by atoms with Gasteiger partial charge in [-0.2, -0.15) is 0 Å². The van der Waals surface area contributed by atoms with Crippen LogP contribution >= 0.6 is 7.82 Å². The van der Waals surface area contributed by atoms with Crippen LogP contribution in [0.15, 0.2) is 24.3 Å². The highest BCUT2D eigenvalue weighted by atomic mass is 31.2. The molecule has 1 unspecified atom stereocenters. The molecule has 1 atom stereocenters. The second-order valence-corrected chi connectivity index (χ2v) is 9.44. The van der Waals surface area contributed by atoms with Gasteiger partial charge in [0.2, 0.25) is 0 Å². The van der Waals surface area contributed by atoms with Crippen molar-refractivity contribution in [3.8, 4) is 0 Å². The van der Waals surface area contributed by atoms with Crippen molar-refractivity contribution in [2.45, 2.75) is 71.1 Å². The molecule has 6 heteroatoms. The van der Waals surface area contributed by atoms with Gasteiger partial charge in [-0.25, -0.2) is 4.57 Å². The molecule has 0 heterocycles. The lowest BCUT2D eigenvalue weighted by molar-refractivity contribution is -0.870. The SMILES string of the molecule is CC/C=C/CC/C=C/CCCCCCCCOP(=O)(O)OCC[N+](C)(C)C. The Morgan fingerprint density at radius 3 is 1.93 bits per heavy atom. The lowest BCUT2D eigenvalue weighted by Crippen LogP contribution is -2.37. The molecular weight excluding hydrogens is 361 g/mol. The van der Waals surface area contributed by atoms with Crippen molar-refractivity contribution < 1.29 is 23.0 Å². The molecule has 0 aromatic rings. The topological polar surface area (TPSA) is 55.8 Å². The van der Waals surface area contributed by atoms with Gasteiger partial charge in [0.05, 0.1) is 27.7 Å². The molecule has 160 valence electrons. The van der Waals surface area contributed by atoms with Crippen LogP contribution in [0.4, 0.5) is 0 Å². The lowest BCUT2D eigenvalue weighted by atomic mass is 10.1. The average molecular weight is 405 g/mol. The highest BCUT2D eigenvalue weighted by molar-refractivity contribution is 7.47. The molecule has 0 rings (SSSR count). The standard InChI is InChI=1S/C21H42NO4P/c1-5-6-7-8-9-10-11-12-13-14-15-16-17-18-20-25-27(23,24)26-21-19-22(2,3)4/h6-7,10-11H,5,8-9,12-21H2,1-4H3/p+1/b7-6+,11-10+. The van der Waals surface area contributed by atoms with Gasteiger partial charge >= 0.3 is 7.82 Å². The molecule has 0 aromatic carbocycles. The Balaban J connectivity index is 3.42. The second kappa shape index (κ2) is 16.5. The summed E-state index contributed by atoms with van der Waals surface area (Å²) in [4.78, 5) is 9.61. The third kappa shape index (κ3) is 21.7. The first-order valence-corrected chi connectivity index (χ1v) is 12.0. The summed E-state index contributed by atoms with van der Waals surface area (Å²) in [5, 5.41) is 0. The van der Waals surface area contributed by atoms with E-state index in [9.17, 15) is 9.46 Å². The maximum absolute atomic E-state index is 11.7. The van der Waals surface area contributed by atoms with Crippen LogP contribution in [0, 0.1) is 0 Å². The van der Waals surface area contributed by atoms with E-state index in [1.807, 2.05) is 21.1 Å². The van der Waals surface area contributed by atoms with Crippen LogP contribution < -0.4 is 0 Å². The first-order chi connectivity index (χ1) is 12.8. The zero-order valence-electron chi connectivity index (χ0n) is 18.1. The fourth-order valence-corrected chi connectivity index (χ4v) is 3.18. The number of phosphoric ester groups is 1. The smallest absolute Gasteiger partial charge is 0.329 e. The van der Waals surface area contributed by atoms with E-state index in [0.29, 0.717) is 11.0 Å². The van der Waals surface area contributed by atoms with Crippen LogP contribution in [0.2, 0.25) is 0 Å². The van der Waals surface area contributed by atoms with Crippen molar-refractivity contribution in [1.29, 1.82) is 0 Å². The maximum Gasteiger partial charge on any atom is 0.472 e. The van der Waals surface area contributed by atoms with E-state index >= 15 is 0 Å². The van der Waals surface area contributed by atoms with Gasteiger partial charge in [-0.1, -0.05) is 56.9 Å². The molecule has 27 heavy (non-hydrogen) atoms. The number of hydrogen-bond donors (Lipinski definition) is 1. The monoisotopic (exact) mass is 404 g/mol. The Kier molecular flexibility index (Phi) is 16.2.